The molecule has 0 saturated carbocycles. The van der Waals surface area contributed by atoms with E-state index in [1.807, 2.05) is 42.5 Å². The number of carbonyl (C=O) groups excluding carboxylic acids is 1. The highest BCUT2D eigenvalue weighted by Crippen LogP contribution is 2.38. The molecule has 0 spiro atoms. The fraction of sp³-hybridized carbons (Fsp3) is 0.300. The molecule has 2 atom stereocenters. The van der Waals surface area contributed by atoms with Crippen LogP contribution in [0.4, 0.5) is 5.69 Å². The summed E-state index contributed by atoms with van der Waals surface area (Å²) in [5.41, 5.74) is 1.79. The molecule has 3 rings (SSSR count). The molecule has 2 unspecified atom stereocenters. The number of benzene rings is 2. The van der Waals surface area contributed by atoms with Crippen molar-refractivity contribution in [3.63, 3.8) is 0 Å². The van der Waals surface area contributed by atoms with Gasteiger partial charge in [0.1, 0.15) is 11.6 Å². The van der Waals surface area contributed by atoms with Crippen molar-refractivity contribution in [2.24, 2.45) is 0 Å². The van der Waals surface area contributed by atoms with E-state index in [1.54, 1.807) is 6.08 Å². The van der Waals surface area contributed by atoms with E-state index in [9.17, 15) is 15.2 Å². The number of fused-ring (bicyclic) bond motifs is 1. The molecule has 0 radical (unpaired) electrons. The molecule has 0 aliphatic carbocycles. The summed E-state index contributed by atoms with van der Waals surface area (Å²) in [7, 11) is 0. The van der Waals surface area contributed by atoms with Crippen molar-refractivity contribution in [1.82, 2.24) is 5.32 Å². The van der Waals surface area contributed by atoms with E-state index in [-0.39, 0.29) is 12.1 Å². The number of aliphatic hydroxyl groups is 2. The number of nitrogens with zero attached hydrogens (tertiary/aromatic N) is 2. The molecule has 0 bridgehead atoms. The smallest absolute Gasteiger partial charge is 0.262 e. The summed E-state index contributed by atoms with van der Waals surface area (Å²) in [6, 6.07) is 14.3. The monoisotopic (exact) mass is 351 g/mol. The van der Waals surface area contributed by atoms with Crippen LogP contribution in [0.25, 0.3) is 16.8 Å². The van der Waals surface area contributed by atoms with Crippen LogP contribution >= 0.6 is 0 Å². The van der Waals surface area contributed by atoms with Gasteiger partial charge in [-0.1, -0.05) is 36.4 Å². The lowest BCUT2D eigenvalue weighted by atomic mass is 10.0. The summed E-state index contributed by atoms with van der Waals surface area (Å²) in [4.78, 5) is 14.4. The molecule has 2 aromatic carbocycles. The normalized spacial score (nSPS) is 17.7. The first-order valence-electron chi connectivity index (χ1n) is 8.52. The maximum Gasteiger partial charge on any atom is 0.262 e. The number of anilines is 1. The summed E-state index contributed by atoms with van der Waals surface area (Å²) in [6.07, 6.45) is 0.529. The second-order valence-electron chi connectivity index (χ2n) is 6.44. The van der Waals surface area contributed by atoms with E-state index < -0.39 is 18.6 Å². The van der Waals surface area contributed by atoms with Gasteiger partial charge in [0, 0.05) is 24.5 Å². The van der Waals surface area contributed by atoms with E-state index in [0.29, 0.717) is 6.04 Å². The molecule has 1 aliphatic heterocycles. The molecule has 0 aromatic heterocycles. The summed E-state index contributed by atoms with van der Waals surface area (Å²) >= 11 is 0. The standard InChI is InChI=1S/C20H21N3O3/c1-13-11-23(13)19-15(7-6-14-4-2-3-5-18(14)19)8-16(9-21)20(26)22-10-17(25)12-24/h2-8,13,17,24-25H,10-12H2,1H3,(H,22,26)/b16-8+. The Hall–Kier alpha value is -2.88. The van der Waals surface area contributed by atoms with Crippen LogP contribution in [-0.4, -0.2) is 48.0 Å². The average Bonchev–Trinajstić information content (AvgIpc) is 3.39. The van der Waals surface area contributed by atoms with Crippen molar-refractivity contribution in [3.05, 3.63) is 47.5 Å². The molecule has 134 valence electrons. The maximum absolute atomic E-state index is 12.2. The molecular weight excluding hydrogens is 330 g/mol. The number of nitriles is 1. The van der Waals surface area contributed by atoms with Gasteiger partial charge >= 0.3 is 0 Å². The quantitative estimate of drug-likeness (QED) is 0.416. The van der Waals surface area contributed by atoms with Gasteiger partial charge < -0.3 is 20.4 Å². The zero-order valence-corrected chi connectivity index (χ0v) is 14.5. The van der Waals surface area contributed by atoms with E-state index in [0.717, 1.165) is 28.6 Å². The predicted octanol–water partition coefficient (Wildman–Crippen LogP) is 1.42. The van der Waals surface area contributed by atoms with Crippen molar-refractivity contribution in [2.45, 2.75) is 19.1 Å². The molecule has 2 aromatic rings. The van der Waals surface area contributed by atoms with E-state index in [4.69, 9.17) is 5.11 Å². The van der Waals surface area contributed by atoms with Crippen molar-refractivity contribution in [3.8, 4) is 6.07 Å². The maximum atomic E-state index is 12.2. The van der Waals surface area contributed by atoms with Crippen molar-refractivity contribution < 1.29 is 15.0 Å². The lowest BCUT2D eigenvalue weighted by molar-refractivity contribution is -0.117. The fourth-order valence-electron chi connectivity index (χ4n) is 2.93. The van der Waals surface area contributed by atoms with Gasteiger partial charge in [-0.25, -0.2) is 0 Å². The summed E-state index contributed by atoms with van der Waals surface area (Å²) in [5, 5.41) is 32.2. The van der Waals surface area contributed by atoms with Crippen LogP contribution in [0.15, 0.2) is 42.0 Å². The third-order valence-corrected chi connectivity index (χ3v) is 4.45. The number of rotatable bonds is 6. The summed E-state index contributed by atoms with van der Waals surface area (Å²) in [5.74, 6) is -0.571. The van der Waals surface area contributed by atoms with Crippen molar-refractivity contribution in [2.75, 3.05) is 24.6 Å². The van der Waals surface area contributed by atoms with E-state index >= 15 is 0 Å². The zero-order valence-electron chi connectivity index (χ0n) is 14.5. The topological polar surface area (TPSA) is 96.4 Å². The summed E-state index contributed by atoms with van der Waals surface area (Å²) in [6.45, 7) is 2.50. The van der Waals surface area contributed by atoms with Gasteiger partial charge in [0.05, 0.1) is 18.4 Å². The molecular formula is C20H21N3O3. The molecule has 1 fully saturated rings. The van der Waals surface area contributed by atoms with Crippen LogP contribution in [0.2, 0.25) is 0 Å². The predicted molar refractivity (Wildman–Crippen MR) is 100 cm³/mol. The lowest BCUT2D eigenvalue weighted by Gasteiger charge is -2.14. The van der Waals surface area contributed by atoms with Crippen molar-refractivity contribution >= 4 is 28.4 Å². The number of carbonyl (C=O) groups is 1. The second kappa shape index (κ2) is 7.56. The van der Waals surface area contributed by atoms with Gasteiger partial charge in [0.15, 0.2) is 0 Å². The van der Waals surface area contributed by atoms with Gasteiger partial charge in [-0.05, 0) is 23.9 Å². The molecule has 3 N–H and O–H groups in total. The largest absolute Gasteiger partial charge is 0.394 e. The molecule has 1 saturated heterocycles. The third kappa shape index (κ3) is 3.69. The SMILES string of the molecule is CC1CN1c1c(/C=C(\C#N)C(=O)NCC(O)CO)ccc2ccccc12. The first-order valence-corrected chi connectivity index (χ1v) is 8.52. The highest BCUT2D eigenvalue weighted by molar-refractivity contribution is 6.05. The van der Waals surface area contributed by atoms with Gasteiger partial charge in [-0.15, -0.1) is 0 Å². The number of aliphatic hydroxyl groups excluding tert-OH is 2. The second-order valence-corrected chi connectivity index (χ2v) is 6.44. The Labute approximate surface area is 152 Å². The fourth-order valence-corrected chi connectivity index (χ4v) is 2.93. The Morgan fingerprint density at radius 1 is 1.42 bits per heavy atom. The lowest BCUT2D eigenvalue weighted by Crippen LogP contribution is -2.34. The Bertz CT molecular complexity index is 901. The van der Waals surface area contributed by atoms with Gasteiger partial charge in [0.2, 0.25) is 0 Å². The molecule has 1 amide bonds. The molecule has 26 heavy (non-hydrogen) atoms. The number of amides is 1. The van der Waals surface area contributed by atoms with Crippen LogP contribution in [0.5, 0.6) is 0 Å². The number of nitrogens with one attached hydrogen (secondary N) is 1. The Kier molecular flexibility index (Phi) is 5.21. The number of hydrogen-bond donors (Lipinski definition) is 3. The minimum Gasteiger partial charge on any atom is -0.394 e. The van der Waals surface area contributed by atoms with Gasteiger partial charge in [-0.3, -0.25) is 4.79 Å². The average molecular weight is 351 g/mol. The number of hydrogen-bond acceptors (Lipinski definition) is 5. The zero-order chi connectivity index (χ0) is 18.7. The Morgan fingerprint density at radius 3 is 2.81 bits per heavy atom. The van der Waals surface area contributed by atoms with Crippen LogP contribution in [0, 0.1) is 11.3 Å². The minimum atomic E-state index is -1.05. The molecule has 6 nitrogen and oxygen atoms in total. The van der Waals surface area contributed by atoms with E-state index in [1.165, 1.54) is 0 Å². The molecule has 1 heterocycles. The van der Waals surface area contributed by atoms with Crippen LogP contribution in [0.1, 0.15) is 12.5 Å². The molecule has 1 aliphatic rings. The first kappa shape index (κ1) is 17.9. The van der Waals surface area contributed by atoms with Gasteiger partial charge in [0.25, 0.3) is 5.91 Å². The Balaban J connectivity index is 1.97. The third-order valence-electron chi connectivity index (χ3n) is 4.45. The minimum absolute atomic E-state index is 0.0406. The van der Waals surface area contributed by atoms with Crippen LogP contribution < -0.4 is 10.2 Å². The van der Waals surface area contributed by atoms with Crippen LogP contribution in [0.3, 0.4) is 0 Å². The molecule has 6 heteroatoms. The first-order chi connectivity index (χ1) is 12.5. The Morgan fingerprint density at radius 2 is 2.15 bits per heavy atom. The van der Waals surface area contributed by atoms with E-state index in [2.05, 4.69) is 17.1 Å². The highest BCUT2D eigenvalue weighted by atomic mass is 16.3. The van der Waals surface area contributed by atoms with Gasteiger partial charge in [-0.2, -0.15) is 5.26 Å². The van der Waals surface area contributed by atoms with Crippen molar-refractivity contribution in [1.29, 1.82) is 5.26 Å². The van der Waals surface area contributed by atoms with Crippen LogP contribution in [-0.2, 0) is 4.79 Å². The summed E-state index contributed by atoms with van der Waals surface area (Å²) < 4.78 is 0. The highest BCUT2D eigenvalue weighted by Gasteiger charge is 2.32.